The van der Waals surface area contributed by atoms with Gasteiger partial charge in [-0.25, -0.2) is 0 Å². The minimum Gasteiger partial charge on any atom is -0.370 e. The van der Waals surface area contributed by atoms with Crippen molar-refractivity contribution in [2.24, 2.45) is 5.41 Å². The van der Waals surface area contributed by atoms with Crippen molar-refractivity contribution in [1.29, 1.82) is 5.26 Å². The number of hydrogen-bond donors (Lipinski definition) is 1. The third-order valence-corrected chi connectivity index (χ3v) is 6.22. The van der Waals surface area contributed by atoms with E-state index in [2.05, 4.69) is 21.4 Å². The fourth-order valence-electron chi connectivity index (χ4n) is 4.04. The second-order valence-corrected chi connectivity index (χ2v) is 8.43. The number of nitrogens with one attached hydrogen (secondary N) is 1. The largest absolute Gasteiger partial charge is 0.370 e. The van der Waals surface area contributed by atoms with Gasteiger partial charge in [0.25, 0.3) is 0 Å². The van der Waals surface area contributed by atoms with Crippen LogP contribution in [0.2, 0.25) is 5.02 Å². The van der Waals surface area contributed by atoms with E-state index in [9.17, 15) is 10.1 Å². The molecule has 0 aliphatic carbocycles. The van der Waals surface area contributed by atoms with Crippen LogP contribution in [-0.2, 0) is 4.79 Å². The number of rotatable bonds is 5. The van der Waals surface area contributed by atoms with Gasteiger partial charge in [-0.3, -0.25) is 4.79 Å². The molecule has 0 bridgehead atoms. The third kappa shape index (κ3) is 4.25. The fourth-order valence-corrected chi connectivity index (χ4v) is 4.21. The molecular weight excluding hydrogens is 388 g/mol. The smallest absolute Gasteiger partial charge is 0.226 e. The summed E-state index contributed by atoms with van der Waals surface area (Å²) in [7, 11) is 0. The highest BCUT2D eigenvalue weighted by molar-refractivity contribution is 6.30. The van der Waals surface area contributed by atoms with Gasteiger partial charge in [-0.1, -0.05) is 30.6 Å². The summed E-state index contributed by atoms with van der Waals surface area (Å²) in [4.78, 5) is 15.3. The van der Waals surface area contributed by atoms with E-state index in [1.54, 1.807) is 12.1 Å². The van der Waals surface area contributed by atoms with E-state index in [4.69, 9.17) is 16.1 Å². The molecule has 1 aromatic carbocycles. The normalized spacial score (nSPS) is 16.9. The van der Waals surface area contributed by atoms with Crippen molar-refractivity contribution >= 4 is 23.2 Å². The summed E-state index contributed by atoms with van der Waals surface area (Å²) in [5.41, 5.74) is 2.78. The topological polar surface area (TPSA) is 82.2 Å². The van der Waals surface area contributed by atoms with Crippen LogP contribution >= 0.6 is 11.6 Å². The Bertz CT molecular complexity index is 919. The van der Waals surface area contributed by atoms with Crippen molar-refractivity contribution in [2.75, 3.05) is 18.0 Å². The van der Waals surface area contributed by atoms with Crippen LogP contribution in [0.3, 0.4) is 0 Å². The van der Waals surface area contributed by atoms with E-state index < -0.39 is 5.41 Å². The molecule has 2 aromatic rings. The number of nitriles is 1. The zero-order valence-corrected chi connectivity index (χ0v) is 18.1. The Morgan fingerprint density at radius 3 is 2.66 bits per heavy atom. The molecular formula is C22H27ClN4O2. The standard InChI is InChI=1S/C22H27ClN4O2/c1-5-18(20-14(2)26-29-15(20)3)25-21(28)22(4)8-10-27(11-9-22)19-7-6-17(23)12-16(19)13-24/h6-7,12,18H,5,8-11H2,1-4H3,(H,25,28). The molecule has 1 N–H and O–H groups in total. The van der Waals surface area contributed by atoms with Crippen molar-refractivity contribution in [3.8, 4) is 6.07 Å². The van der Waals surface area contributed by atoms with Crippen LogP contribution in [0.5, 0.6) is 0 Å². The van der Waals surface area contributed by atoms with Crippen LogP contribution in [0.4, 0.5) is 5.69 Å². The molecule has 1 fully saturated rings. The second kappa shape index (κ2) is 8.46. The SMILES string of the molecule is CCC(NC(=O)C1(C)CCN(c2ccc(Cl)cc2C#N)CC1)c1c(C)noc1C. The number of anilines is 1. The van der Waals surface area contributed by atoms with Gasteiger partial charge in [0.15, 0.2) is 0 Å². The maximum atomic E-state index is 13.2. The molecule has 1 saturated heterocycles. The summed E-state index contributed by atoms with van der Waals surface area (Å²) in [6, 6.07) is 7.48. The average molecular weight is 415 g/mol. The third-order valence-electron chi connectivity index (χ3n) is 5.99. The number of benzene rings is 1. The molecule has 154 valence electrons. The highest BCUT2D eigenvalue weighted by Crippen LogP contribution is 2.36. The highest BCUT2D eigenvalue weighted by Gasteiger charge is 2.38. The number of piperidine rings is 1. The summed E-state index contributed by atoms with van der Waals surface area (Å²) in [6.45, 7) is 9.27. The molecule has 7 heteroatoms. The molecule has 1 aromatic heterocycles. The molecule has 6 nitrogen and oxygen atoms in total. The van der Waals surface area contributed by atoms with E-state index in [-0.39, 0.29) is 11.9 Å². The summed E-state index contributed by atoms with van der Waals surface area (Å²) in [6.07, 6.45) is 2.20. The minimum atomic E-state index is -0.456. The lowest BCUT2D eigenvalue weighted by atomic mass is 9.79. The van der Waals surface area contributed by atoms with Crippen LogP contribution in [0.25, 0.3) is 0 Å². The molecule has 1 unspecified atom stereocenters. The first kappa shape index (κ1) is 21.2. The van der Waals surface area contributed by atoms with Gasteiger partial charge in [-0.05, 0) is 51.3 Å². The number of halogens is 1. The van der Waals surface area contributed by atoms with Crippen LogP contribution in [0.1, 0.15) is 61.7 Å². The van der Waals surface area contributed by atoms with Gasteiger partial charge in [-0.15, -0.1) is 0 Å². The Morgan fingerprint density at radius 1 is 1.41 bits per heavy atom. The highest BCUT2D eigenvalue weighted by atomic mass is 35.5. The maximum absolute atomic E-state index is 13.2. The Labute approximate surface area is 176 Å². The first-order chi connectivity index (χ1) is 13.8. The number of nitrogens with zero attached hydrogens (tertiary/aromatic N) is 3. The average Bonchev–Trinajstić information content (AvgIpc) is 3.04. The molecule has 1 aliphatic heterocycles. The van der Waals surface area contributed by atoms with E-state index in [1.165, 1.54) is 0 Å². The molecule has 1 atom stereocenters. The van der Waals surface area contributed by atoms with E-state index >= 15 is 0 Å². The predicted molar refractivity (Wildman–Crippen MR) is 113 cm³/mol. The van der Waals surface area contributed by atoms with Crippen LogP contribution < -0.4 is 10.2 Å². The monoisotopic (exact) mass is 414 g/mol. The molecule has 0 radical (unpaired) electrons. The lowest BCUT2D eigenvalue weighted by Crippen LogP contribution is -2.48. The van der Waals surface area contributed by atoms with Gasteiger partial charge in [0, 0.05) is 29.1 Å². The lowest BCUT2D eigenvalue weighted by molar-refractivity contribution is -0.132. The summed E-state index contributed by atoms with van der Waals surface area (Å²) in [5, 5.41) is 17.2. The van der Waals surface area contributed by atoms with Crippen LogP contribution in [0, 0.1) is 30.6 Å². The first-order valence-corrected chi connectivity index (χ1v) is 10.3. The van der Waals surface area contributed by atoms with Crippen molar-refractivity contribution in [1.82, 2.24) is 10.5 Å². The molecule has 0 spiro atoms. The number of aryl methyl sites for hydroxylation is 2. The van der Waals surface area contributed by atoms with Crippen LogP contribution in [0.15, 0.2) is 22.7 Å². The first-order valence-electron chi connectivity index (χ1n) is 9.97. The minimum absolute atomic E-state index is 0.0561. The van der Waals surface area contributed by atoms with Gasteiger partial charge in [-0.2, -0.15) is 5.26 Å². The zero-order valence-electron chi connectivity index (χ0n) is 17.4. The Kier molecular flexibility index (Phi) is 6.18. The van der Waals surface area contributed by atoms with Crippen molar-refractivity contribution < 1.29 is 9.32 Å². The number of carbonyl (C=O) groups is 1. The van der Waals surface area contributed by atoms with Gasteiger partial charge >= 0.3 is 0 Å². The van der Waals surface area contributed by atoms with Crippen molar-refractivity contribution in [2.45, 2.75) is 53.0 Å². The maximum Gasteiger partial charge on any atom is 0.226 e. The van der Waals surface area contributed by atoms with Gasteiger partial charge in [0.1, 0.15) is 11.8 Å². The summed E-state index contributed by atoms with van der Waals surface area (Å²) >= 11 is 6.01. The van der Waals surface area contributed by atoms with E-state index in [0.29, 0.717) is 36.5 Å². The molecule has 1 aliphatic rings. The van der Waals surface area contributed by atoms with E-state index in [1.807, 2.05) is 33.8 Å². The molecule has 2 heterocycles. The second-order valence-electron chi connectivity index (χ2n) is 7.99. The number of amides is 1. The molecule has 3 rings (SSSR count). The van der Waals surface area contributed by atoms with Crippen LogP contribution in [-0.4, -0.2) is 24.2 Å². The molecule has 0 saturated carbocycles. The lowest BCUT2D eigenvalue weighted by Gasteiger charge is -2.40. The summed E-state index contributed by atoms with van der Waals surface area (Å²) < 4.78 is 5.28. The zero-order chi connectivity index (χ0) is 21.2. The Balaban J connectivity index is 1.70. The van der Waals surface area contributed by atoms with E-state index in [0.717, 1.165) is 29.1 Å². The molecule has 29 heavy (non-hydrogen) atoms. The Hall–Kier alpha value is -2.52. The van der Waals surface area contributed by atoms with Gasteiger partial charge in [0.2, 0.25) is 5.91 Å². The number of hydrogen-bond acceptors (Lipinski definition) is 5. The fraction of sp³-hybridized carbons (Fsp3) is 0.500. The van der Waals surface area contributed by atoms with Crippen molar-refractivity contribution in [3.05, 3.63) is 45.8 Å². The number of carbonyl (C=O) groups excluding carboxylic acids is 1. The van der Waals surface area contributed by atoms with Gasteiger partial charge < -0.3 is 14.7 Å². The van der Waals surface area contributed by atoms with Gasteiger partial charge in [0.05, 0.1) is 23.0 Å². The predicted octanol–water partition coefficient (Wildman–Crippen LogP) is 4.69. The number of aromatic nitrogens is 1. The summed E-state index contributed by atoms with van der Waals surface area (Å²) in [5.74, 6) is 0.807. The quantitative estimate of drug-likeness (QED) is 0.767. The molecule has 1 amide bonds. The van der Waals surface area contributed by atoms with Crippen molar-refractivity contribution in [3.63, 3.8) is 0 Å². The Morgan fingerprint density at radius 2 is 2.10 bits per heavy atom.